The van der Waals surface area contributed by atoms with E-state index in [9.17, 15) is 13.2 Å². The quantitative estimate of drug-likeness (QED) is 0.704. The zero-order valence-electron chi connectivity index (χ0n) is 15.3. The Morgan fingerprint density at radius 2 is 1.70 bits per heavy atom. The molecule has 0 bridgehead atoms. The maximum Gasteiger partial charge on any atom is 0.279 e. The number of carbonyl (C=O) groups excluding carboxylic acids is 1. The molecule has 0 aliphatic carbocycles. The molecule has 0 fully saturated rings. The van der Waals surface area contributed by atoms with Gasteiger partial charge in [-0.25, -0.2) is 12.7 Å². The standard InChI is InChI=1S/C18H21Cl2N3O3S/c1-22(2)27(25,26)15-7-5-14(6-8-15)21-18(24)12-23(3)11-13-4-9-16(19)17(20)10-13/h4-10H,11-12H2,1-3H3,(H,21,24)/p+1. The SMILES string of the molecule is CN(C)S(=O)(=O)c1ccc(NC(=O)C[NH+](C)Cc2ccc(Cl)c(Cl)c2)cc1. The van der Waals surface area contributed by atoms with Crippen molar-refractivity contribution < 1.29 is 18.1 Å². The van der Waals surface area contributed by atoms with Crippen LogP contribution < -0.4 is 10.2 Å². The highest BCUT2D eigenvalue weighted by molar-refractivity contribution is 7.89. The third kappa shape index (κ3) is 5.92. The van der Waals surface area contributed by atoms with Crippen molar-refractivity contribution in [1.82, 2.24) is 4.31 Å². The molecular formula is C18H22Cl2N3O3S+. The second kappa shape index (κ2) is 9.03. The van der Waals surface area contributed by atoms with Crippen LogP contribution in [0.15, 0.2) is 47.4 Å². The van der Waals surface area contributed by atoms with Gasteiger partial charge in [-0.1, -0.05) is 29.3 Å². The predicted octanol–water partition coefficient (Wildman–Crippen LogP) is 1.90. The van der Waals surface area contributed by atoms with Gasteiger partial charge in [0.1, 0.15) is 6.54 Å². The molecule has 9 heteroatoms. The molecule has 0 spiro atoms. The van der Waals surface area contributed by atoms with E-state index >= 15 is 0 Å². The number of benzene rings is 2. The van der Waals surface area contributed by atoms with Gasteiger partial charge in [-0.3, -0.25) is 4.79 Å². The second-order valence-electron chi connectivity index (χ2n) is 6.42. The Morgan fingerprint density at radius 1 is 1.07 bits per heavy atom. The molecule has 27 heavy (non-hydrogen) atoms. The average molecular weight is 431 g/mol. The van der Waals surface area contributed by atoms with E-state index in [2.05, 4.69) is 5.32 Å². The molecule has 0 saturated heterocycles. The Hall–Kier alpha value is -1.64. The van der Waals surface area contributed by atoms with Gasteiger partial charge in [0.25, 0.3) is 5.91 Å². The van der Waals surface area contributed by atoms with E-state index in [1.807, 2.05) is 13.1 Å². The van der Waals surface area contributed by atoms with Crippen molar-refractivity contribution in [3.05, 3.63) is 58.1 Å². The minimum atomic E-state index is -3.49. The van der Waals surface area contributed by atoms with E-state index in [1.54, 1.807) is 24.3 Å². The molecule has 0 aliphatic heterocycles. The van der Waals surface area contributed by atoms with Crippen LogP contribution in [0.25, 0.3) is 0 Å². The zero-order valence-corrected chi connectivity index (χ0v) is 17.6. The first-order valence-corrected chi connectivity index (χ1v) is 10.4. The fourth-order valence-electron chi connectivity index (χ4n) is 2.46. The summed E-state index contributed by atoms with van der Waals surface area (Å²) < 4.78 is 25.2. The van der Waals surface area contributed by atoms with Crippen LogP contribution in [0.2, 0.25) is 10.0 Å². The van der Waals surface area contributed by atoms with Crippen LogP contribution in [0.5, 0.6) is 0 Å². The van der Waals surface area contributed by atoms with Crippen LogP contribution in [-0.2, 0) is 21.4 Å². The zero-order chi connectivity index (χ0) is 20.2. The van der Waals surface area contributed by atoms with Gasteiger partial charge in [-0.15, -0.1) is 0 Å². The Morgan fingerprint density at radius 3 is 2.26 bits per heavy atom. The Labute approximate surface area is 169 Å². The maximum absolute atomic E-state index is 12.2. The Kier molecular flexibility index (Phi) is 7.25. The van der Waals surface area contributed by atoms with E-state index < -0.39 is 10.0 Å². The van der Waals surface area contributed by atoms with Crippen molar-refractivity contribution in [2.24, 2.45) is 0 Å². The number of amides is 1. The molecule has 2 aromatic rings. The number of halogens is 2. The summed E-state index contributed by atoms with van der Waals surface area (Å²) in [6.07, 6.45) is 0. The van der Waals surface area contributed by atoms with Crippen LogP contribution in [0, 0.1) is 0 Å². The summed E-state index contributed by atoms with van der Waals surface area (Å²) in [6.45, 7) is 0.863. The van der Waals surface area contributed by atoms with E-state index in [4.69, 9.17) is 23.2 Å². The fourth-order valence-corrected chi connectivity index (χ4v) is 3.68. The lowest BCUT2D eigenvalue weighted by molar-refractivity contribution is -0.885. The summed E-state index contributed by atoms with van der Waals surface area (Å²) in [6, 6.07) is 11.5. The summed E-state index contributed by atoms with van der Waals surface area (Å²) in [4.78, 5) is 13.4. The molecule has 146 valence electrons. The first kappa shape index (κ1) is 21.7. The van der Waals surface area contributed by atoms with Gasteiger partial charge in [-0.2, -0.15) is 0 Å². The van der Waals surface area contributed by atoms with Crippen molar-refractivity contribution in [2.45, 2.75) is 11.4 Å². The molecule has 1 unspecified atom stereocenters. The summed E-state index contributed by atoms with van der Waals surface area (Å²) >= 11 is 11.9. The van der Waals surface area contributed by atoms with Crippen molar-refractivity contribution in [1.29, 1.82) is 0 Å². The number of likely N-dealkylation sites (N-methyl/N-ethyl adjacent to an activating group) is 1. The summed E-state index contributed by atoms with van der Waals surface area (Å²) in [7, 11) is 1.35. The molecule has 0 heterocycles. The van der Waals surface area contributed by atoms with Crippen molar-refractivity contribution >= 4 is 44.8 Å². The molecule has 1 atom stereocenters. The highest BCUT2D eigenvalue weighted by Crippen LogP contribution is 2.22. The number of nitrogens with zero attached hydrogens (tertiary/aromatic N) is 1. The molecule has 0 aromatic heterocycles. The molecule has 0 radical (unpaired) electrons. The minimum Gasteiger partial charge on any atom is -0.326 e. The van der Waals surface area contributed by atoms with E-state index in [0.29, 0.717) is 22.3 Å². The normalized spacial score (nSPS) is 12.8. The molecule has 6 nitrogen and oxygen atoms in total. The topological polar surface area (TPSA) is 70.9 Å². The maximum atomic E-state index is 12.2. The van der Waals surface area contributed by atoms with Gasteiger partial charge < -0.3 is 10.2 Å². The average Bonchev–Trinajstić information content (AvgIpc) is 2.58. The van der Waals surface area contributed by atoms with Gasteiger partial charge in [0, 0.05) is 25.3 Å². The summed E-state index contributed by atoms with van der Waals surface area (Å²) in [5.41, 5.74) is 1.52. The number of rotatable bonds is 7. The first-order chi connectivity index (χ1) is 12.6. The Bertz CT molecular complexity index is 916. The second-order valence-corrected chi connectivity index (χ2v) is 9.39. The van der Waals surface area contributed by atoms with Crippen LogP contribution in [-0.4, -0.2) is 46.3 Å². The van der Waals surface area contributed by atoms with Crippen LogP contribution in [0.1, 0.15) is 5.56 Å². The lowest BCUT2D eigenvalue weighted by Crippen LogP contribution is -3.08. The van der Waals surface area contributed by atoms with Crippen molar-refractivity contribution in [2.75, 3.05) is 33.0 Å². The van der Waals surface area contributed by atoms with E-state index in [-0.39, 0.29) is 17.3 Å². The predicted molar refractivity (Wildman–Crippen MR) is 108 cm³/mol. The summed E-state index contributed by atoms with van der Waals surface area (Å²) in [5, 5.41) is 3.75. The smallest absolute Gasteiger partial charge is 0.279 e. The number of anilines is 1. The molecule has 0 saturated carbocycles. The van der Waals surface area contributed by atoms with Gasteiger partial charge in [0.2, 0.25) is 10.0 Å². The number of hydrogen-bond donors (Lipinski definition) is 2. The van der Waals surface area contributed by atoms with Crippen molar-refractivity contribution in [3.63, 3.8) is 0 Å². The molecule has 2 aromatic carbocycles. The van der Waals surface area contributed by atoms with Gasteiger partial charge >= 0.3 is 0 Å². The number of sulfonamides is 1. The molecule has 2 rings (SSSR count). The molecule has 1 amide bonds. The summed E-state index contributed by atoms with van der Waals surface area (Å²) in [5.74, 6) is -0.171. The third-order valence-corrected chi connectivity index (χ3v) is 6.44. The number of quaternary nitrogens is 1. The number of carbonyl (C=O) groups is 1. The lowest BCUT2D eigenvalue weighted by Gasteiger charge is -2.15. The highest BCUT2D eigenvalue weighted by Gasteiger charge is 2.17. The monoisotopic (exact) mass is 430 g/mol. The number of hydrogen-bond acceptors (Lipinski definition) is 3. The third-order valence-electron chi connectivity index (χ3n) is 3.87. The highest BCUT2D eigenvalue weighted by atomic mass is 35.5. The van der Waals surface area contributed by atoms with Crippen LogP contribution in [0.4, 0.5) is 5.69 Å². The van der Waals surface area contributed by atoms with Crippen molar-refractivity contribution in [3.8, 4) is 0 Å². The van der Waals surface area contributed by atoms with Crippen LogP contribution in [0.3, 0.4) is 0 Å². The number of nitrogens with one attached hydrogen (secondary N) is 2. The minimum absolute atomic E-state index is 0.171. The van der Waals surface area contributed by atoms with Gasteiger partial charge in [0.05, 0.1) is 22.0 Å². The van der Waals surface area contributed by atoms with E-state index in [1.165, 1.54) is 26.2 Å². The Balaban J connectivity index is 1.94. The van der Waals surface area contributed by atoms with Gasteiger partial charge in [0.15, 0.2) is 6.54 Å². The molecular weight excluding hydrogens is 409 g/mol. The lowest BCUT2D eigenvalue weighted by atomic mass is 10.2. The van der Waals surface area contributed by atoms with E-state index in [0.717, 1.165) is 14.8 Å². The first-order valence-electron chi connectivity index (χ1n) is 8.17. The largest absolute Gasteiger partial charge is 0.326 e. The fraction of sp³-hybridized carbons (Fsp3) is 0.278. The van der Waals surface area contributed by atoms with Crippen LogP contribution >= 0.6 is 23.2 Å². The van der Waals surface area contributed by atoms with Gasteiger partial charge in [-0.05, 0) is 36.4 Å². The molecule has 0 aliphatic rings. The molecule has 2 N–H and O–H groups in total.